The van der Waals surface area contributed by atoms with E-state index in [1.807, 2.05) is 17.0 Å². The molecule has 0 radical (unpaired) electrons. The highest BCUT2D eigenvalue weighted by Gasteiger charge is 2.23. The van der Waals surface area contributed by atoms with Gasteiger partial charge >= 0.3 is 0 Å². The van der Waals surface area contributed by atoms with Crippen LogP contribution in [0.25, 0.3) is 10.2 Å². The molecular weight excluding hydrogens is 442 g/mol. The Labute approximate surface area is 201 Å². The minimum Gasteiger partial charge on any atom is -0.494 e. The summed E-state index contributed by atoms with van der Waals surface area (Å²) >= 11 is 1.57. The second-order valence-electron chi connectivity index (χ2n) is 8.52. The van der Waals surface area contributed by atoms with Crippen LogP contribution in [0.15, 0.2) is 24.3 Å². The van der Waals surface area contributed by atoms with Gasteiger partial charge in [-0.05, 0) is 83.1 Å². The van der Waals surface area contributed by atoms with Gasteiger partial charge in [0.1, 0.15) is 11.3 Å². The number of aromatic nitrogens is 1. The first-order valence-corrected chi connectivity index (χ1v) is 11.5. The molecule has 0 unspecified atom stereocenters. The number of hydrogen-bond donors (Lipinski definition) is 0. The normalized spacial score (nSPS) is 11.0. The third kappa shape index (κ3) is 5.80. The largest absolute Gasteiger partial charge is 0.494 e. The van der Waals surface area contributed by atoms with E-state index in [-0.39, 0.29) is 18.3 Å². The Hall–Kier alpha value is -2.15. The van der Waals surface area contributed by atoms with Crippen LogP contribution in [0.2, 0.25) is 0 Å². The summed E-state index contributed by atoms with van der Waals surface area (Å²) in [5.41, 5.74) is 6.65. The summed E-state index contributed by atoms with van der Waals surface area (Å²) in [6.07, 6.45) is 1.27. The summed E-state index contributed by atoms with van der Waals surface area (Å²) in [7, 11) is 5.76. The minimum absolute atomic E-state index is 0. The van der Waals surface area contributed by atoms with Gasteiger partial charge in [-0.25, -0.2) is 4.98 Å². The molecule has 0 bridgehead atoms. The van der Waals surface area contributed by atoms with Gasteiger partial charge < -0.3 is 9.64 Å². The number of fused-ring (bicyclic) bond motifs is 1. The van der Waals surface area contributed by atoms with Gasteiger partial charge in [-0.3, -0.25) is 9.69 Å². The maximum absolute atomic E-state index is 13.5. The number of ether oxygens (including phenoxy) is 1. The Morgan fingerprint density at radius 1 is 1.03 bits per heavy atom. The fraction of sp³-hybridized carbons (Fsp3) is 0.440. The number of methoxy groups -OCH3 is 1. The van der Waals surface area contributed by atoms with E-state index in [0.717, 1.165) is 45.2 Å². The fourth-order valence-corrected chi connectivity index (χ4v) is 5.08. The van der Waals surface area contributed by atoms with E-state index in [1.165, 1.54) is 16.7 Å². The van der Waals surface area contributed by atoms with Crippen LogP contribution in [0.4, 0.5) is 5.13 Å². The molecular formula is C25H34ClN3O2S. The van der Waals surface area contributed by atoms with E-state index < -0.39 is 0 Å². The molecule has 0 saturated carbocycles. The molecule has 3 rings (SSSR count). The highest BCUT2D eigenvalue weighted by atomic mass is 35.5. The smallest absolute Gasteiger partial charge is 0.233 e. The third-order valence-corrected chi connectivity index (χ3v) is 6.81. The van der Waals surface area contributed by atoms with E-state index in [2.05, 4.69) is 58.8 Å². The van der Waals surface area contributed by atoms with Crippen molar-refractivity contribution in [1.29, 1.82) is 0 Å². The van der Waals surface area contributed by atoms with Crippen molar-refractivity contribution in [3.8, 4) is 5.75 Å². The molecule has 3 aromatic rings. The minimum atomic E-state index is 0. The lowest BCUT2D eigenvalue weighted by atomic mass is 9.97. The zero-order valence-electron chi connectivity index (χ0n) is 20.1. The van der Waals surface area contributed by atoms with Gasteiger partial charge in [-0.15, -0.1) is 12.4 Å². The second-order valence-corrected chi connectivity index (χ2v) is 9.49. The number of aryl methyl sites for hydroxylation is 4. The van der Waals surface area contributed by atoms with Crippen molar-refractivity contribution in [3.63, 3.8) is 0 Å². The van der Waals surface area contributed by atoms with Crippen molar-refractivity contribution in [3.05, 3.63) is 52.1 Å². The topological polar surface area (TPSA) is 45.7 Å². The van der Waals surface area contributed by atoms with Crippen LogP contribution in [-0.2, 0) is 11.2 Å². The number of halogens is 1. The molecule has 0 atom stereocenters. The lowest BCUT2D eigenvalue weighted by Crippen LogP contribution is -2.34. The Bertz CT molecular complexity index is 1070. The van der Waals surface area contributed by atoms with Crippen molar-refractivity contribution in [2.24, 2.45) is 0 Å². The van der Waals surface area contributed by atoms with Crippen LogP contribution in [0, 0.1) is 27.7 Å². The maximum atomic E-state index is 13.5. The first kappa shape index (κ1) is 26.1. The van der Waals surface area contributed by atoms with Gasteiger partial charge in [0.15, 0.2) is 5.13 Å². The maximum Gasteiger partial charge on any atom is 0.233 e. The SMILES string of the molecule is COc1ccc(C)c2sc(N(CCCN(C)C)C(=O)Cc3c(C)cc(C)cc3C)nc12.Cl. The zero-order chi connectivity index (χ0) is 22.7. The molecule has 1 amide bonds. The highest BCUT2D eigenvalue weighted by molar-refractivity contribution is 7.22. The number of amides is 1. The molecule has 1 heterocycles. The number of carbonyl (C=O) groups is 1. The van der Waals surface area contributed by atoms with Crippen molar-refractivity contribution in [2.75, 3.05) is 39.2 Å². The van der Waals surface area contributed by atoms with Crippen LogP contribution >= 0.6 is 23.7 Å². The third-order valence-electron chi connectivity index (χ3n) is 5.60. The monoisotopic (exact) mass is 475 g/mol. The van der Waals surface area contributed by atoms with E-state index in [9.17, 15) is 4.79 Å². The predicted octanol–water partition coefficient (Wildman–Crippen LogP) is 5.49. The van der Waals surface area contributed by atoms with Crippen molar-refractivity contribution < 1.29 is 9.53 Å². The zero-order valence-corrected chi connectivity index (χ0v) is 21.7. The molecule has 2 aromatic carbocycles. The molecule has 0 aliphatic rings. The second kappa shape index (κ2) is 11.1. The highest BCUT2D eigenvalue weighted by Crippen LogP contribution is 2.36. The van der Waals surface area contributed by atoms with Crippen LogP contribution in [0.3, 0.4) is 0 Å². The van der Waals surface area contributed by atoms with Crippen molar-refractivity contribution >= 4 is 45.0 Å². The van der Waals surface area contributed by atoms with Crippen molar-refractivity contribution in [2.45, 2.75) is 40.5 Å². The summed E-state index contributed by atoms with van der Waals surface area (Å²) in [5, 5.41) is 0.744. The molecule has 1 aromatic heterocycles. The Kier molecular flexibility index (Phi) is 9.08. The number of nitrogens with zero attached hydrogens (tertiary/aromatic N) is 3. The van der Waals surface area contributed by atoms with Gasteiger partial charge in [0, 0.05) is 6.54 Å². The first-order chi connectivity index (χ1) is 14.7. The Morgan fingerprint density at radius 3 is 2.28 bits per heavy atom. The van der Waals surface area contributed by atoms with Gasteiger partial charge in [0.05, 0.1) is 18.2 Å². The van der Waals surface area contributed by atoms with Gasteiger partial charge in [0.2, 0.25) is 5.91 Å². The van der Waals surface area contributed by atoms with E-state index in [4.69, 9.17) is 9.72 Å². The van der Waals surface area contributed by atoms with Gasteiger partial charge in [0.25, 0.3) is 0 Å². The van der Waals surface area contributed by atoms with Crippen LogP contribution in [-0.4, -0.2) is 50.1 Å². The van der Waals surface area contributed by atoms with Gasteiger partial charge in [-0.2, -0.15) is 0 Å². The Morgan fingerprint density at radius 2 is 1.69 bits per heavy atom. The summed E-state index contributed by atoms with van der Waals surface area (Å²) in [4.78, 5) is 22.4. The molecule has 174 valence electrons. The van der Waals surface area contributed by atoms with E-state index >= 15 is 0 Å². The summed E-state index contributed by atoms with van der Waals surface area (Å²) in [6.45, 7) is 9.90. The van der Waals surface area contributed by atoms with E-state index in [0.29, 0.717) is 13.0 Å². The lowest BCUT2D eigenvalue weighted by Gasteiger charge is -2.22. The molecule has 0 fully saturated rings. The quantitative estimate of drug-likeness (QED) is 0.432. The molecule has 0 N–H and O–H groups in total. The number of thiazole rings is 1. The number of carbonyl (C=O) groups excluding carboxylic acids is 1. The molecule has 5 nitrogen and oxygen atoms in total. The van der Waals surface area contributed by atoms with Crippen LogP contribution in [0.1, 0.15) is 34.2 Å². The number of hydrogen-bond acceptors (Lipinski definition) is 5. The molecule has 0 saturated heterocycles. The molecule has 0 aliphatic carbocycles. The Balaban J connectivity index is 0.00000363. The number of rotatable bonds is 8. The van der Waals surface area contributed by atoms with Gasteiger partial charge in [-0.1, -0.05) is 35.1 Å². The van der Waals surface area contributed by atoms with Crippen LogP contribution in [0.5, 0.6) is 5.75 Å². The molecule has 7 heteroatoms. The van der Waals surface area contributed by atoms with E-state index in [1.54, 1.807) is 18.4 Å². The fourth-order valence-electron chi connectivity index (χ4n) is 3.99. The first-order valence-electron chi connectivity index (χ1n) is 10.7. The molecule has 0 aliphatic heterocycles. The predicted molar refractivity (Wildman–Crippen MR) is 138 cm³/mol. The molecule has 32 heavy (non-hydrogen) atoms. The summed E-state index contributed by atoms with van der Waals surface area (Å²) in [6, 6.07) is 8.29. The average molecular weight is 476 g/mol. The van der Waals surface area contributed by atoms with Crippen molar-refractivity contribution in [1.82, 2.24) is 9.88 Å². The molecule has 0 spiro atoms. The number of anilines is 1. The lowest BCUT2D eigenvalue weighted by molar-refractivity contribution is -0.118. The number of benzene rings is 2. The van der Waals surface area contributed by atoms with Crippen LogP contribution < -0.4 is 9.64 Å². The standard InChI is InChI=1S/C25H33N3O2S.ClH/c1-16-13-18(3)20(19(4)14-16)15-22(29)28(12-8-11-27(5)6)25-26-23-21(30-7)10-9-17(2)24(23)31-25;/h9-10,13-14H,8,11-12,15H2,1-7H3;1H. The summed E-state index contributed by atoms with van der Waals surface area (Å²) < 4.78 is 6.59. The summed E-state index contributed by atoms with van der Waals surface area (Å²) in [5.74, 6) is 0.832. The average Bonchev–Trinajstić information content (AvgIpc) is 3.14.